The van der Waals surface area contributed by atoms with E-state index < -0.39 is 10.0 Å². The zero-order valence-corrected chi connectivity index (χ0v) is 23.8. The fourth-order valence-electron chi connectivity index (χ4n) is 3.94. The molecule has 0 aliphatic carbocycles. The number of amides is 2. The molecule has 0 fully saturated rings. The number of carbonyl (C=O) groups excluding carboxylic acids is 2. The van der Waals surface area contributed by atoms with Crippen molar-refractivity contribution in [3.63, 3.8) is 0 Å². The lowest BCUT2D eigenvalue weighted by Gasteiger charge is -2.10. The first-order chi connectivity index (χ1) is 19.2. The van der Waals surface area contributed by atoms with Crippen molar-refractivity contribution in [3.8, 4) is 5.75 Å². The zero-order valence-electron chi connectivity index (χ0n) is 22.2. The molecule has 0 unspecified atom stereocenters. The van der Waals surface area contributed by atoms with Crippen LogP contribution in [-0.2, 0) is 21.4 Å². The summed E-state index contributed by atoms with van der Waals surface area (Å²) >= 11 is 1.26. The van der Waals surface area contributed by atoms with Crippen LogP contribution < -0.4 is 20.5 Å². The van der Waals surface area contributed by atoms with E-state index in [9.17, 15) is 18.0 Å². The van der Waals surface area contributed by atoms with Gasteiger partial charge in [0.25, 0.3) is 5.91 Å². The van der Waals surface area contributed by atoms with Gasteiger partial charge in [-0.2, -0.15) is 0 Å². The number of ether oxygens (including phenoxy) is 1. The van der Waals surface area contributed by atoms with E-state index in [0.29, 0.717) is 40.8 Å². The van der Waals surface area contributed by atoms with E-state index in [1.807, 2.05) is 11.5 Å². The summed E-state index contributed by atoms with van der Waals surface area (Å²) in [6, 6.07) is 18.3. The highest BCUT2D eigenvalue weighted by Crippen LogP contribution is 2.27. The highest BCUT2D eigenvalue weighted by atomic mass is 32.2. The van der Waals surface area contributed by atoms with Gasteiger partial charge in [0.15, 0.2) is 5.16 Å². The Morgan fingerprint density at radius 2 is 1.65 bits per heavy atom. The monoisotopic (exact) mass is 581 g/mol. The molecule has 10 nitrogen and oxygen atoms in total. The van der Waals surface area contributed by atoms with Gasteiger partial charge in [-0.3, -0.25) is 9.59 Å². The smallest absolute Gasteiger partial charge is 0.255 e. The van der Waals surface area contributed by atoms with Gasteiger partial charge in [-0.25, -0.2) is 18.5 Å². The number of benzene rings is 3. The molecule has 210 valence electrons. The number of rotatable bonds is 12. The average Bonchev–Trinajstić information content (AvgIpc) is 3.28. The molecule has 40 heavy (non-hydrogen) atoms. The molecule has 0 radical (unpaired) electrons. The average molecular weight is 582 g/mol. The molecule has 0 aliphatic rings. The number of sulfonamides is 1. The highest BCUT2D eigenvalue weighted by molar-refractivity contribution is 7.99. The first kappa shape index (κ1) is 29.1. The minimum atomic E-state index is -3.85. The third-order valence-corrected chi connectivity index (χ3v) is 7.82. The number of thioether (sulfide) groups is 1. The number of primary sulfonamides is 1. The number of hydrogen-bond donors (Lipinski definition) is 3. The molecule has 1 aromatic heterocycles. The third kappa shape index (κ3) is 7.40. The van der Waals surface area contributed by atoms with Crippen LogP contribution in [0.15, 0.2) is 76.8 Å². The van der Waals surface area contributed by atoms with Crippen LogP contribution in [0.5, 0.6) is 5.75 Å². The van der Waals surface area contributed by atoms with Crippen LogP contribution in [0.3, 0.4) is 0 Å². The highest BCUT2D eigenvalue weighted by Gasteiger charge is 2.16. The van der Waals surface area contributed by atoms with E-state index in [1.165, 1.54) is 23.9 Å². The van der Waals surface area contributed by atoms with Gasteiger partial charge in [0.2, 0.25) is 15.9 Å². The quantitative estimate of drug-likeness (QED) is 0.202. The SMILES string of the molecule is CCCCn1c(SCC(=O)Nc2ccc(C(=O)Nc3ccc(OCC)cc3)cc2)nc2cc(S(N)(=O)=O)ccc21. The van der Waals surface area contributed by atoms with Gasteiger partial charge in [-0.1, -0.05) is 25.1 Å². The summed E-state index contributed by atoms with van der Waals surface area (Å²) in [5.74, 6) is 0.315. The van der Waals surface area contributed by atoms with E-state index in [4.69, 9.17) is 9.88 Å². The van der Waals surface area contributed by atoms with E-state index in [1.54, 1.807) is 54.6 Å². The number of anilines is 2. The Hall–Kier alpha value is -3.87. The lowest BCUT2D eigenvalue weighted by atomic mass is 10.2. The van der Waals surface area contributed by atoms with Crippen molar-refractivity contribution < 1.29 is 22.7 Å². The largest absolute Gasteiger partial charge is 0.494 e. The maximum absolute atomic E-state index is 12.7. The Balaban J connectivity index is 1.37. The standard InChI is InChI=1S/C28H31N5O5S2/c1-3-5-16-33-25-15-14-23(40(29,36)37)17-24(25)32-28(33)39-18-26(34)30-20-8-6-19(7-9-20)27(35)31-21-10-12-22(13-11-21)38-4-2/h6-15,17H,3-5,16,18H2,1-2H3,(H,30,34)(H,31,35)(H2,29,36,37). The lowest BCUT2D eigenvalue weighted by molar-refractivity contribution is -0.113. The lowest BCUT2D eigenvalue weighted by Crippen LogP contribution is -2.15. The van der Waals surface area contributed by atoms with E-state index in [-0.39, 0.29) is 22.5 Å². The molecular weight excluding hydrogens is 550 g/mol. The van der Waals surface area contributed by atoms with Crippen molar-refractivity contribution in [2.75, 3.05) is 23.0 Å². The molecule has 0 spiro atoms. The van der Waals surface area contributed by atoms with Crippen LogP contribution >= 0.6 is 11.8 Å². The molecule has 0 bridgehead atoms. The van der Waals surface area contributed by atoms with Gasteiger partial charge in [0.05, 0.1) is 28.3 Å². The summed E-state index contributed by atoms with van der Waals surface area (Å²) in [5.41, 5.74) is 2.94. The second-order valence-electron chi connectivity index (χ2n) is 8.92. The van der Waals surface area contributed by atoms with Crippen molar-refractivity contribution in [1.82, 2.24) is 9.55 Å². The molecule has 0 aliphatic heterocycles. The van der Waals surface area contributed by atoms with Crippen LogP contribution in [0.4, 0.5) is 11.4 Å². The second kappa shape index (κ2) is 13.0. The molecule has 0 saturated heterocycles. The van der Waals surface area contributed by atoms with Crippen LogP contribution in [0.2, 0.25) is 0 Å². The van der Waals surface area contributed by atoms with Crippen molar-refractivity contribution >= 4 is 56.0 Å². The molecule has 4 aromatic rings. The van der Waals surface area contributed by atoms with Crippen molar-refractivity contribution in [2.45, 2.75) is 43.3 Å². The number of unbranched alkanes of at least 4 members (excludes halogenated alkanes) is 1. The Bertz CT molecular complexity index is 1600. The first-order valence-corrected chi connectivity index (χ1v) is 15.3. The molecule has 2 amide bonds. The Morgan fingerprint density at radius 1 is 0.975 bits per heavy atom. The summed E-state index contributed by atoms with van der Waals surface area (Å²) in [6.07, 6.45) is 1.87. The van der Waals surface area contributed by atoms with Gasteiger partial charge < -0.3 is 19.9 Å². The predicted octanol–water partition coefficient (Wildman–Crippen LogP) is 4.87. The molecule has 0 saturated carbocycles. The van der Waals surface area contributed by atoms with Crippen molar-refractivity contribution in [1.29, 1.82) is 0 Å². The molecule has 1 heterocycles. The van der Waals surface area contributed by atoms with Gasteiger partial charge in [-0.15, -0.1) is 0 Å². The number of imidazole rings is 1. The van der Waals surface area contributed by atoms with Gasteiger partial charge >= 0.3 is 0 Å². The van der Waals surface area contributed by atoms with E-state index >= 15 is 0 Å². The van der Waals surface area contributed by atoms with Crippen molar-refractivity contribution in [3.05, 3.63) is 72.3 Å². The van der Waals surface area contributed by atoms with Gasteiger partial charge in [0, 0.05) is 23.5 Å². The van der Waals surface area contributed by atoms with Crippen molar-refractivity contribution in [2.24, 2.45) is 5.14 Å². The van der Waals surface area contributed by atoms with Crippen LogP contribution in [-0.4, -0.2) is 42.1 Å². The molecular formula is C28H31N5O5S2. The number of fused-ring (bicyclic) bond motifs is 1. The van der Waals surface area contributed by atoms with Gasteiger partial charge in [0.1, 0.15) is 5.75 Å². The number of carbonyl (C=O) groups is 2. The summed E-state index contributed by atoms with van der Waals surface area (Å²) in [5, 5.41) is 11.6. The second-order valence-corrected chi connectivity index (χ2v) is 11.4. The van der Waals surface area contributed by atoms with Crippen LogP contribution in [0.1, 0.15) is 37.0 Å². The molecule has 12 heteroatoms. The number of hydrogen-bond acceptors (Lipinski definition) is 7. The molecule has 3 aromatic carbocycles. The fourth-order valence-corrected chi connectivity index (χ4v) is 5.32. The summed E-state index contributed by atoms with van der Waals surface area (Å²) in [4.78, 5) is 29.8. The Labute approximate surface area is 237 Å². The van der Waals surface area contributed by atoms with Gasteiger partial charge in [-0.05, 0) is 80.1 Å². The zero-order chi connectivity index (χ0) is 28.7. The molecule has 0 atom stereocenters. The maximum atomic E-state index is 12.7. The Kier molecular flexibility index (Phi) is 9.46. The molecule has 4 rings (SSSR count). The number of nitrogens with zero attached hydrogens (tertiary/aromatic N) is 2. The summed E-state index contributed by atoms with van der Waals surface area (Å²) in [6.45, 7) is 5.24. The third-order valence-electron chi connectivity index (χ3n) is 5.93. The fraction of sp³-hybridized carbons (Fsp3) is 0.250. The number of aryl methyl sites for hydroxylation is 1. The predicted molar refractivity (Wildman–Crippen MR) is 157 cm³/mol. The minimum absolute atomic E-state index is 0.00829. The van der Waals surface area contributed by atoms with Crippen LogP contribution in [0, 0.1) is 0 Å². The number of nitrogens with one attached hydrogen (secondary N) is 2. The van der Waals surface area contributed by atoms with E-state index in [2.05, 4.69) is 22.5 Å². The maximum Gasteiger partial charge on any atom is 0.255 e. The number of aromatic nitrogens is 2. The minimum Gasteiger partial charge on any atom is -0.494 e. The Morgan fingerprint density at radius 3 is 2.30 bits per heavy atom. The van der Waals surface area contributed by atoms with E-state index in [0.717, 1.165) is 24.1 Å². The van der Waals surface area contributed by atoms with Crippen LogP contribution in [0.25, 0.3) is 11.0 Å². The summed E-state index contributed by atoms with van der Waals surface area (Å²) < 4.78 is 30.9. The number of nitrogens with two attached hydrogens (primary N) is 1. The first-order valence-electron chi connectivity index (χ1n) is 12.8. The normalized spacial score (nSPS) is 11.4. The summed E-state index contributed by atoms with van der Waals surface area (Å²) in [7, 11) is -3.85. The molecule has 4 N–H and O–H groups in total. The topological polar surface area (TPSA) is 145 Å².